The van der Waals surface area contributed by atoms with Gasteiger partial charge in [-0.25, -0.2) is 16.8 Å². The van der Waals surface area contributed by atoms with Crippen LogP contribution >= 0.6 is 23.6 Å². The molecule has 4 aromatic carbocycles. The molecule has 0 saturated carbocycles. The summed E-state index contributed by atoms with van der Waals surface area (Å²) in [6.45, 7) is 8.25. The monoisotopic (exact) mass is 929 g/mol. The van der Waals surface area contributed by atoms with Gasteiger partial charge < -0.3 is 41.4 Å². The number of hydrogen-bond donors (Lipinski definition) is 0. The van der Waals surface area contributed by atoms with Gasteiger partial charge >= 0.3 is 0 Å². The van der Waals surface area contributed by atoms with Gasteiger partial charge in [-0.15, -0.1) is 0 Å². The summed E-state index contributed by atoms with van der Waals surface area (Å²) >= 11 is 12.3. The van der Waals surface area contributed by atoms with Crippen LogP contribution in [0.4, 0.5) is 11.4 Å². The molecule has 0 aromatic heterocycles. The third-order valence-corrected chi connectivity index (χ3v) is 14.4. The van der Waals surface area contributed by atoms with E-state index < -0.39 is 42.6 Å². The quantitative estimate of drug-likeness (QED) is 0.0276. The first-order valence-corrected chi connectivity index (χ1v) is 23.9. The minimum atomic E-state index is -4.54. The summed E-state index contributed by atoms with van der Waals surface area (Å²) in [6.07, 6.45) is 8.73. The third kappa shape index (κ3) is 9.56. The van der Waals surface area contributed by atoms with Crippen molar-refractivity contribution in [2.24, 2.45) is 0 Å². The van der Waals surface area contributed by atoms with E-state index in [0.717, 1.165) is 79.4 Å². The number of fused-ring (bicyclic) bond motifs is 6. The molecule has 61 heavy (non-hydrogen) atoms. The molecule has 0 spiro atoms. The average Bonchev–Trinajstić information content (AvgIpc) is 3.56. The molecule has 0 radical (unpaired) electrons. The fourth-order valence-electron chi connectivity index (χ4n) is 9.25. The molecule has 0 N–H and O–H groups in total. The second-order valence-corrected chi connectivity index (χ2v) is 20.6. The fourth-order valence-corrected chi connectivity index (χ4v) is 10.8. The van der Waals surface area contributed by atoms with Crippen LogP contribution < -0.4 is 15.0 Å². The lowest BCUT2D eigenvalue weighted by atomic mass is 9.77. The van der Waals surface area contributed by atoms with Gasteiger partial charge in [-0.2, -0.15) is 8.91 Å². The van der Waals surface area contributed by atoms with Crippen molar-refractivity contribution in [1.29, 1.82) is 0 Å². The number of hydrogen-bond acceptors (Lipinski definition) is 15. The van der Waals surface area contributed by atoms with Crippen LogP contribution in [0.1, 0.15) is 64.5 Å². The van der Waals surface area contributed by atoms with Gasteiger partial charge in [-0.3, -0.25) is 5.04 Å². The summed E-state index contributed by atoms with van der Waals surface area (Å²) < 4.78 is 82.0. The van der Waals surface area contributed by atoms with Crippen molar-refractivity contribution in [2.45, 2.75) is 75.1 Å². The number of anilines is 1. The summed E-state index contributed by atoms with van der Waals surface area (Å²) in [5, 5.41) is 22.5. The standard InChI is InChI=1S/C42H45ClN2O12S4/c1-41(2)36(44(20-22-60(47,48)49)34-16-8-28-24-30(53-55-56-58)12-14-32(28)38(34)41)18-10-26-6-5-7-27(40(26)43)11-19-37-42(3,4)39-33-15-13-31(59-57-54-46)25-29(33)9-17-35(39)45(37)21-23-61(50,51)52/h8-17,19,24-25,36H,5-7,18,20-23H2,1-4H3,(H3-,46,47,48,49,50,51,52,58)/p-3/b19-11+,26-10+. The zero-order chi connectivity index (χ0) is 43.9. The van der Waals surface area contributed by atoms with E-state index >= 15 is 0 Å². The maximum Gasteiger partial charge on any atom is 0.210 e. The van der Waals surface area contributed by atoms with Crippen LogP contribution in [0.25, 0.3) is 21.5 Å². The van der Waals surface area contributed by atoms with Crippen LogP contribution in [0.3, 0.4) is 0 Å². The van der Waals surface area contributed by atoms with E-state index in [-0.39, 0.29) is 19.1 Å². The fraction of sp³-hybridized carbons (Fsp3) is 0.357. The largest absolute Gasteiger partial charge is 0.748 e. The molecule has 1 atom stereocenters. The molecule has 0 fully saturated rings. The highest BCUT2D eigenvalue weighted by Crippen LogP contribution is 2.51. The molecule has 1 unspecified atom stereocenters. The van der Waals surface area contributed by atoms with E-state index in [2.05, 4.69) is 51.6 Å². The summed E-state index contributed by atoms with van der Waals surface area (Å²) in [5.41, 5.74) is 5.01. The second-order valence-electron chi connectivity index (χ2n) is 16.2. The molecule has 19 heteroatoms. The van der Waals surface area contributed by atoms with E-state index in [1.807, 2.05) is 77.9 Å². The summed E-state index contributed by atoms with van der Waals surface area (Å²) in [6, 6.07) is 18.3. The Bertz CT molecular complexity index is 2730. The SMILES string of the molecule is CC1(C)C(/C=C/C2=C(Cl)C(=C/CC3N(CCS(=O)(=O)[O-])c4ccc5cc(OOO[S-])ccc5c4C3(C)C)/CCC2)=[N+](CCS(=O)(=O)[O-])c2ccc3cc(SOO[O-])ccc3c21. The van der Waals surface area contributed by atoms with E-state index in [4.69, 9.17) is 16.5 Å². The van der Waals surface area contributed by atoms with Crippen LogP contribution in [0.2, 0.25) is 0 Å². The molecule has 0 saturated heterocycles. The first-order chi connectivity index (χ1) is 28.8. The Hall–Kier alpha value is -3.50. The highest BCUT2D eigenvalue weighted by molar-refractivity contribution is 7.94. The maximum absolute atomic E-state index is 11.9. The van der Waals surface area contributed by atoms with Gasteiger partial charge in [0.15, 0.2) is 18.0 Å². The lowest BCUT2D eigenvalue weighted by Gasteiger charge is -2.35. The Balaban J connectivity index is 1.22. The molecule has 326 valence electrons. The second kappa shape index (κ2) is 17.9. The number of halogens is 1. The predicted molar refractivity (Wildman–Crippen MR) is 231 cm³/mol. The molecule has 2 aliphatic heterocycles. The van der Waals surface area contributed by atoms with Crippen LogP contribution in [0, 0.1) is 0 Å². The predicted octanol–water partition coefficient (Wildman–Crippen LogP) is 7.11. The molecule has 4 aromatic rings. The molecule has 1 aliphatic carbocycles. The lowest BCUT2D eigenvalue weighted by Crippen LogP contribution is -2.43. The molecular weight excluding hydrogens is 888 g/mol. The van der Waals surface area contributed by atoms with Crippen molar-refractivity contribution in [3.8, 4) is 5.75 Å². The minimum absolute atomic E-state index is 0.00548. The molecule has 14 nitrogen and oxygen atoms in total. The van der Waals surface area contributed by atoms with Gasteiger partial charge in [0, 0.05) is 51.3 Å². The van der Waals surface area contributed by atoms with E-state index in [9.17, 15) is 31.2 Å². The van der Waals surface area contributed by atoms with Crippen LogP contribution in [0.5, 0.6) is 5.75 Å². The maximum atomic E-state index is 11.9. The van der Waals surface area contributed by atoms with E-state index in [0.29, 0.717) is 34.9 Å². The normalized spacial score (nSPS) is 19.5. The van der Waals surface area contributed by atoms with Crippen LogP contribution in [0.15, 0.2) is 100.0 Å². The highest BCUT2D eigenvalue weighted by Gasteiger charge is 2.47. The topological polar surface area (TPSA) is 190 Å². The zero-order valence-corrected chi connectivity index (χ0v) is 37.6. The van der Waals surface area contributed by atoms with Crippen molar-refractivity contribution in [3.63, 3.8) is 0 Å². The minimum Gasteiger partial charge on any atom is -0.748 e. The Kier molecular flexibility index (Phi) is 13.4. The smallest absolute Gasteiger partial charge is 0.210 e. The Morgan fingerprint density at radius 3 is 2.34 bits per heavy atom. The van der Waals surface area contributed by atoms with Crippen molar-refractivity contribution in [1.82, 2.24) is 0 Å². The van der Waals surface area contributed by atoms with Gasteiger partial charge in [-0.05, 0) is 119 Å². The first-order valence-electron chi connectivity index (χ1n) is 19.3. The summed E-state index contributed by atoms with van der Waals surface area (Å²) in [7, 11) is -9.06. The number of nitrogens with zero attached hydrogens (tertiary/aromatic N) is 2. The third-order valence-electron chi connectivity index (χ3n) is 11.9. The van der Waals surface area contributed by atoms with Crippen molar-refractivity contribution in [3.05, 3.63) is 106 Å². The molecule has 2 heterocycles. The van der Waals surface area contributed by atoms with Gasteiger partial charge in [0.1, 0.15) is 10.1 Å². The zero-order valence-electron chi connectivity index (χ0n) is 33.5. The van der Waals surface area contributed by atoms with Crippen molar-refractivity contribution >= 4 is 95.4 Å². The molecule has 7 rings (SSSR count). The summed E-state index contributed by atoms with van der Waals surface area (Å²) in [4.78, 5) is 7.74. The van der Waals surface area contributed by atoms with Gasteiger partial charge in [0.2, 0.25) is 5.69 Å². The van der Waals surface area contributed by atoms with Crippen LogP contribution in [-0.2, 0) is 62.7 Å². The molecule has 0 amide bonds. The number of benzene rings is 4. The average molecular weight is 931 g/mol. The lowest BCUT2D eigenvalue weighted by molar-refractivity contribution is -0.777. The molecule has 3 aliphatic rings. The molecular formula is C42H42ClN2O12S4-3. The van der Waals surface area contributed by atoms with Gasteiger partial charge in [0.25, 0.3) is 0 Å². The number of rotatable bonds is 16. The van der Waals surface area contributed by atoms with Crippen LogP contribution in [-0.4, -0.2) is 66.9 Å². The van der Waals surface area contributed by atoms with E-state index in [1.54, 1.807) is 18.2 Å². The van der Waals surface area contributed by atoms with Gasteiger partial charge in [-0.1, -0.05) is 55.8 Å². The Morgan fingerprint density at radius 2 is 1.62 bits per heavy atom. The van der Waals surface area contributed by atoms with Crippen molar-refractivity contribution < 1.29 is 59.4 Å². The highest BCUT2D eigenvalue weighted by atomic mass is 35.5. The first kappa shape index (κ1) is 45.5. The van der Waals surface area contributed by atoms with E-state index in [1.165, 1.54) is 0 Å². The van der Waals surface area contributed by atoms with Crippen molar-refractivity contribution in [2.75, 3.05) is 29.5 Å². The molecule has 0 bridgehead atoms. The number of allylic oxidation sites excluding steroid dienone is 5. The van der Waals surface area contributed by atoms with Gasteiger partial charge in [0.05, 0.1) is 39.1 Å². The Labute approximate surface area is 369 Å². The summed E-state index contributed by atoms with van der Waals surface area (Å²) in [5.74, 6) is -0.785. The Morgan fingerprint density at radius 1 is 0.918 bits per heavy atom.